The molecule has 1 N–H and O–H groups in total. The normalized spacial score (nSPS) is 17.9. The van der Waals surface area contributed by atoms with Crippen molar-refractivity contribution in [1.29, 1.82) is 0 Å². The van der Waals surface area contributed by atoms with Crippen molar-refractivity contribution in [2.75, 3.05) is 20.3 Å². The molecule has 1 heterocycles. The van der Waals surface area contributed by atoms with Gasteiger partial charge in [0.15, 0.2) is 0 Å². The lowest BCUT2D eigenvalue weighted by molar-refractivity contribution is -0.0633. The Morgan fingerprint density at radius 3 is 1.94 bits per heavy atom. The van der Waals surface area contributed by atoms with E-state index >= 15 is 0 Å². The van der Waals surface area contributed by atoms with Crippen LogP contribution in [0.4, 0.5) is 4.79 Å². The van der Waals surface area contributed by atoms with Gasteiger partial charge in [0.1, 0.15) is 28.9 Å². The molecular weight excluding hydrogens is 623 g/mol. The van der Waals surface area contributed by atoms with Crippen LogP contribution < -0.4 is 19.8 Å². The Hall–Kier alpha value is -3.37. The first-order chi connectivity index (χ1) is 22.6. The lowest BCUT2D eigenvalue weighted by Gasteiger charge is -2.43. The average molecular weight is 678 g/mol. The Morgan fingerprint density at radius 1 is 0.896 bits per heavy atom. The second kappa shape index (κ2) is 15.5. The monoisotopic (exact) mass is 677 g/mol. The average Bonchev–Trinajstić information content (AvgIpc) is 3.34. The quantitative estimate of drug-likeness (QED) is 0.197. The Kier molecular flexibility index (Phi) is 12.1. The summed E-state index contributed by atoms with van der Waals surface area (Å²) >= 11 is 0. The molecule has 0 saturated carbocycles. The van der Waals surface area contributed by atoms with Crippen molar-refractivity contribution in [2.45, 2.75) is 109 Å². The summed E-state index contributed by atoms with van der Waals surface area (Å²) in [6.45, 7) is 16.8. The van der Waals surface area contributed by atoms with Crippen molar-refractivity contribution in [3.63, 3.8) is 0 Å². The molecule has 3 atom stereocenters. The number of amides is 1. The lowest BCUT2D eigenvalue weighted by atomic mass is 10.0. The first kappa shape index (κ1) is 37.4. The standard InChI is InChI=1S/C39H55NO7Si/c1-37(2,3)47-36(42)40-29(28-44-39(40,7)8)20-25-34(41)35(46-31-23-21-30(43-9)22-24-31)26-27-45-48(38(4,5)6,32-16-12-10-13-17-32)33-18-14-11-15-19-33/h10-19,21-24,29,34-35,41H,20,25-28H2,1-9H3/t29-,34+,35-/m0/s1. The summed E-state index contributed by atoms with van der Waals surface area (Å²) in [6, 6.07) is 28.2. The number of ether oxygens (including phenoxy) is 4. The van der Waals surface area contributed by atoms with Gasteiger partial charge in [-0.25, -0.2) is 4.79 Å². The molecule has 0 unspecified atom stereocenters. The van der Waals surface area contributed by atoms with E-state index in [0.29, 0.717) is 38.2 Å². The van der Waals surface area contributed by atoms with E-state index in [1.54, 1.807) is 12.0 Å². The van der Waals surface area contributed by atoms with E-state index in [9.17, 15) is 9.90 Å². The molecular formula is C39H55NO7Si. The minimum atomic E-state index is -2.78. The number of aliphatic hydroxyl groups excluding tert-OH is 1. The number of nitrogens with zero attached hydrogens (tertiary/aromatic N) is 1. The van der Waals surface area contributed by atoms with Crippen LogP contribution in [-0.4, -0.2) is 74.3 Å². The summed E-state index contributed by atoms with van der Waals surface area (Å²) in [5.74, 6) is 1.35. The van der Waals surface area contributed by atoms with Gasteiger partial charge in [0, 0.05) is 13.0 Å². The van der Waals surface area contributed by atoms with E-state index in [1.165, 1.54) is 10.4 Å². The van der Waals surface area contributed by atoms with Crippen LogP contribution in [0.3, 0.4) is 0 Å². The molecule has 1 aliphatic rings. The molecule has 0 spiro atoms. The van der Waals surface area contributed by atoms with Crippen LogP contribution in [0.25, 0.3) is 0 Å². The molecule has 1 fully saturated rings. The third kappa shape index (κ3) is 8.99. The highest BCUT2D eigenvalue weighted by atomic mass is 28.4. The molecule has 0 bridgehead atoms. The highest BCUT2D eigenvalue weighted by Crippen LogP contribution is 2.37. The summed E-state index contributed by atoms with van der Waals surface area (Å²) in [5, 5.41) is 13.9. The highest BCUT2D eigenvalue weighted by Gasteiger charge is 2.50. The van der Waals surface area contributed by atoms with Crippen LogP contribution in [0, 0.1) is 0 Å². The summed E-state index contributed by atoms with van der Waals surface area (Å²) in [5.41, 5.74) is -1.46. The molecule has 1 amide bonds. The number of aliphatic hydroxyl groups is 1. The summed E-state index contributed by atoms with van der Waals surface area (Å²) in [7, 11) is -1.16. The zero-order chi connectivity index (χ0) is 35.2. The second-order valence-corrected chi connectivity index (χ2v) is 19.3. The van der Waals surface area contributed by atoms with E-state index in [-0.39, 0.29) is 11.1 Å². The molecule has 48 heavy (non-hydrogen) atoms. The van der Waals surface area contributed by atoms with Crippen LogP contribution >= 0.6 is 0 Å². The van der Waals surface area contributed by atoms with Gasteiger partial charge < -0.3 is 28.5 Å². The molecule has 0 aromatic heterocycles. The maximum absolute atomic E-state index is 13.2. The van der Waals surface area contributed by atoms with Gasteiger partial charge in [-0.3, -0.25) is 4.90 Å². The second-order valence-electron chi connectivity index (χ2n) is 15.0. The molecule has 262 valence electrons. The van der Waals surface area contributed by atoms with E-state index in [2.05, 4.69) is 69.3 Å². The number of carbonyl (C=O) groups excluding carboxylic acids is 1. The third-order valence-electron chi connectivity index (χ3n) is 8.87. The zero-order valence-corrected chi connectivity index (χ0v) is 31.2. The van der Waals surface area contributed by atoms with Gasteiger partial charge in [-0.2, -0.15) is 0 Å². The Labute approximate surface area is 288 Å². The minimum Gasteiger partial charge on any atom is -0.497 e. The smallest absolute Gasteiger partial charge is 0.412 e. The molecule has 3 aromatic rings. The fourth-order valence-corrected chi connectivity index (χ4v) is 11.2. The maximum atomic E-state index is 13.2. The fraction of sp³-hybridized carbons (Fsp3) is 0.513. The molecule has 1 saturated heterocycles. The topological polar surface area (TPSA) is 86.7 Å². The Bertz CT molecular complexity index is 1400. The molecule has 0 radical (unpaired) electrons. The van der Waals surface area contributed by atoms with E-state index in [4.69, 9.17) is 23.4 Å². The van der Waals surface area contributed by atoms with Gasteiger partial charge in [-0.05, 0) is 87.1 Å². The van der Waals surface area contributed by atoms with Gasteiger partial charge in [-0.1, -0.05) is 81.4 Å². The van der Waals surface area contributed by atoms with Gasteiger partial charge in [0.05, 0.1) is 25.9 Å². The molecule has 4 rings (SSSR count). The number of hydrogen-bond acceptors (Lipinski definition) is 7. The van der Waals surface area contributed by atoms with Crippen molar-refractivity contribution in [2.24, 2.45) is 0 Å². The summed E-state index contributed by atoms with van der Waals surface area (Å²) in [4.78, 5) is 14.9. The highest BCUT2D eigenvalue weighted by molar-refractivity contribution is 6.99. The number of carbonyl (C=O) groups is 1. The zero-order valence-electron chi connectivity index (χ0n) is 30.2. The Morgan fingerprint density at radius 2 is 1.44 bits per heavy atom. The van der Waals surface area contributed by atoms with Gasteiger partial charge in [0.25, 0.3) is 8.32 Å². The number of benzene rings is 3. The third-order valence-corrected chi connectivity index (χ3v) is 13.9. The van der Waals surface area contributed by atoms with Crippen molar-refractivity contribution in [3.05, 3.63) is 84.9 Å². The number of methoxy groups -OCH3 is 1. The van der Waals surface area contributed by atoms with Crippen molar-refractivity contribution >= 4 is 24.8 Å². The largest absolute Gasteiger partial charge is 0.497 e. The van der Waals surface area contributed by atoms with Crippen LogP contribution in [-0.2, 0) is 13.9 Å². The lowest BCUT2D eigenvalue weighted by Crippen LogP contribution is -2.66. The van der Waals surface area contributed by atoms with E-state index in [1.807, 2.05) is 71.0 Å². The molecule has 8 nitrogen and oxygen atoms in total. The number of rotatable bonds is 13. The van der Waals surface area contributed by atoms with Crippen molar-refractivity contribution in [1.82, 2.24) is 4.90 Å². The minimum absolute atomic E-state index is 0.180. The van der Waals surface area contributed by atoms with Crippen LogP contribution in [0.5, 0.6) is 11.5 Å². The Balaban J connectivity index is 1.57. The van der Waals surface area contributed by atoms with Gasteiger partial charge in [0.2, 0.25) is 0 Å². The van der Waals surface area contributed by atoms with Crippen molar-refractivity contribution < 1.29 is 33.3 Å². The van der Waals surface area contributed by atoms with Crippen LogP contribution in [0.2, 0.25) is 5.04 Å². The SMILES string of the molecule is COc1ccc(O[C@@H](CCO[Si](c2ccccc2)(c2ccccc2)C(C)(C)C)[C@H](O)CC[C@H]2COC(C)(C)N2C(=O)OC(C)(C)C)cc1. The van der Waals surface area contributed by atoms with E-state index in [0.717, 1.165) is 5.75 Å². The predicted octanol–water partition coefficient (Wildman–Crippen LogP) is 6.92. The predicted molar refractivity (Wildman–Crippen MR) is 193 cm³/mol. The molecule has 0 aliphatic carbocycles. The van der Waals surface area contributed by atoms with Gasteiger partial charge >= 0.3 is 6.09 Å². The van der Waals surface area contributed by atoms with Crippen molar-refractivity contribution in [3.8, 4) is 11.5 Å². The van der Waals surface area contributed by atoms with Crippen LogP contribution in [0.1, 0.15) is 74.7 Å². The first-order valence-electron chi connectivity index (χ1n) is 17.0. The molecule has 3 aromatic carbocycles. The fourth-order valence-electron chi connectivity index (χ4n) is 6.57. The summed E-state index contributed by atoms with van der Waals surface area (Å²) in [6.07, 6.45) is -0.457. The van der Waals surface area contributed by atoms with Crippen LogP contribution in [0.15, 0.2) is 84.9 Å². The number of hydrogen-bond donors (Lipinski definition) is 1. The molecule has 1 aliphatic heterocycles. The summed E-state index contributed by atoms with van der Waals surface area (Å²) < 4.78 is 30.7. The molecule has 9 heteroatoms. The first-order valence-corrected chi connectivity index (χ1v) is 18.9. The van der Waals surface area contributed by atoms with E-state index < -0.39 is 37.9 Å². The van der Waals surface area contributed by atoms with Gasteiger partial charge in [-0.15, -0.1) is 0 Å². The maximum Gasteiger partial charge on any atom is 0.412 e.